The van der Waals surface area contributed by atoms with E-state index in [0.29, 0.717) is 16.4 Å². The smallest absolute Gasteiger partial charge is 0.263 e. The number of anilines is 2. The SMILES string of the molecule is CCc1ccc(N2C(=O)[C@H]3N=NN(CC(=O)Nc4ccc(Cl)cc4)[C@H]3C2=O)cc1. The number of amides is 3. The first-order valence-corrected chi connectivity index (χ1v) is 9.55. The molecule has 1 saturated heterocycles. The molecular formula is C20H18ClN5O3. The van der Waals surface area contributed by atoms with E-state index in [4.69, 9.17) is 11.6 Å². The monoisotopic (exact) mass is 411 g/mol. The first-order chi connectivity index (χ1) is 14.0. The minimum Gasteiger partial charge on any atom is -0.324 e. The Labute approximate surface area is 172 Å². The van der Waals surface area contributed by atoms with E-state index < -0.39 is 23.9 Å². The third-order valence-electron chi connectivity index (χ3n) is 4.89. The number of aryl methyl sites for hydroxylation is 1. The number of fused-ring (bicyclic) bond motifs is 1. The Kier molecular flexibility index (Phi) is 5.02. The lowest BCUT2D eigenvalue weighted by Crippen LogP contribution is -2.43. The normalized spacial score (nSPS) is 20.3. The molecule has 0 spiro atoms. The van der Waals surface area contributed by atoms with Crippen LogP contribution in [0.15, 0.2) is 58.9 Å². The number of halogens is 1. The number of hydrogen-bond donors (Lipinski definition) is 1. The summed E-state index contributed by atoms with van der Waals surface area (Å²) in [5.74, 6) is -1.25. The number of benzene rings is 2. The average molecular weight is 412 g/mol. The second kappa shape index (κ2) is 7.63. The number of hydrogen-bond acceptors (Lipinski definition) is 6. The van der Waals surface area contributed by atoms with Gasteiger partial charge in [-0.2, -0.15) is 5.11 Å². The van der Waals surface area contributed by atoms with Gasteiger partial charge in [-0.05, 0) is 48.4 Å². The molecule has 1 N–H and O–H groups in total. The lowest BCUT2D eigenvalue weighted by Gasteiger charge is -2.20. The lowest BCUT2D eigenvalue weighted by atomic mass is 10.1. The van der Waals surface area contributed by atoms with Gasteiger partial charge < -0.3 is 5.32 Å². The molecule has 4 rings (SSSR count). The number of rotatable bonds is 5. The number of carbonyl (C=O) groups excluding carboxylic acids is 3. The summed E-state index contributed by atoms with van der Waals surface area (Å²) in [7, 11) is 0. The van der Waals surface area contributed by atoms with Crippen LogP contribution < -0.4 is 10.2 Å². The van der Waals surface area contributed by atoms with Crippen molar-refractivity contribution in [3.8, 4) is 0 Å². The van der Waals surface area contributed by atoms with E-state index in [9.17, 15) is 14.4 Å². The molecule has 2 aromatic rings. The summed E-state index contributed by atoms with van der Waals surface area (Å²) in [5.41, 5.74) is 2.17. The Morgan fingerprint density at radius 3 is 2.41 bits per heavy atom. The van der Waals surface area contributed by atoms with Crippen LogP contribution in [0.5, 0.6) is 0 Å². The van der Waals surface area contributed by atoms with Gasteiger partial charge in [0.05, 0.1) is 5.69 Å². The van der Waals surface area contributed by atoms with Crippen LogP contribution in [-0.4, -0.2) is 41.4 Å². The predicted octanol–water partition coefficient (Wildman–Crippen LogP) is 2.83. The fourth-order valence-electron chi connectivity index (χ4n) is 3.37. The van der Waals surface area contributed by atoms with Gasteiger partial charge in [0.15, 0.2) is 12.1 Å². The number of nitrogens with one attached hydrogen (secondary N) is 1. The molecule has 0 aliphatic carbocycles. The van der Waals surface area contributed by atoms with Crippen molar-refractivity contribution in [2.45, 2.75) is 25.4 Å². The van der Waals surface area contributed by atoms with E-state index in [1.165, 1.54) is 5.01 Å². The van der Waals surface area contributed by atoms with Gasteiger partial charge in [0.1, 0.15) is 6.54 Å². The molecule has 2 aliphatic rings. The molecule has 0 unspecified atom stereocenters. The zero-order chi connectivity index (χ0) is 20.5. The van der Waals surface area contributed by atoms with E-state index in [-0.39, 0.29) is 12.5 Å². The largest absolute Gasteiger partial charge is 0.324 e. The maximum absolute atomic E-state index is 12.9. The molecule has 2 aromatic carbocycles. The molecule has 9 heteroatoms. The molecule has 148 valence electrons. The number of nitrogens with zero attached hydrogens (tertiary/aromatic N) is 4. The van der Waals surface area contributed by atoms with Gasteiger partial charge >= 0.3 is 0 Å². The van der Waals surface area contributed by atoms with Crippen molar-refractivity contribution in [3.63, 3.8) is 0 Å². The van der Waals surface area contributed by atoms with Gasteiger partial charge in [-0.1, -0.05) is 35.9 Å². The van der Waals surface area contributed by atoms with E-state index in [1.54, 1.807) is 36.4 Å². The average Bonchev–Trinajstić information content (AvgIpc) is 3.23. The molecule has 3 amide bonds. The minimum absolute atomic E-state index is 0.199. The molecule has 0 saturated carbocycles. The Balaban J connectivity index is 1.47. The quantitative estimate of drug-likeness (QED) is 0.765. The first-order valence-electron chi connectivity index (χ1n) is 9.17. The zero-order valence-electron chi connectivity index (χ0n) is 15.6. The van der Waals surface area contributed by atoms with E-state index in [0.717, 1.165) is 16.9 Å². The number of carbonyl (C=O) groups is 3. The molecule has 29 heavy (non-hydrogen) atoms. The fourth-order valence-corrected chi connectivity index (χ4v) is 3.50. The molecule has 2 aliphatic heterocycles. The van der Waals surface area contributed by atoms with Crippen molar-refractivity contribution >= 4 is 40.7 Å². The molecule has 0 aromatic heterocycles. The highest BCUT2D eigenvalue weighted by Gasteiger charge is 2.55. The van der Waals surface area contributed by atoms with E-state index in [1.807, 2.05) is 19.1 Å². The van der Waals surface area contributed by atoms with E-state index >= 15 is 0 Å². The zero-order valence-corrected chi connectivity index (χ0v) is 16.3. The molecule has 0 bridgehead atoms. The van der Waals surface area contributed by atoms with Crippen LogP contribution in [0.25, 0.3) is 0 Å². The maximum Gasteiger partial charge on any atom is 0.263 e. The Morgan fingerprint density at radius 1 is 1.07 bits per heavy atom. The van der Waals surface area contributed by atoms with Gasteiger partial charge in [0, 0.05) is 10.7 Å². The van der Waals surface area contributed by atoms with Crippen molar-refractivity contribution in [2.24, 2.45) is 10.3 Å². The van der Waals surface area contributed by atoms with Crippen LogP contribution >= 0.6 is 11.6 Å². The predicted molar refractivity (Wildman–Crippen MR) is 108 cm³/mol. The van der Waals surface area contributed by atoms with Crippen LogP contribution in [0, 0.1) is 0 Å². The summed E-state index contributed by atoms with van der Waals surface area (Å²) in [4.78, 5) is 39.1. The summed E-state index contributed by atoms with van der Waals surface area (Å²) < 4.78 is 0. The highest BCUT2D eigenvalue weighted by atomic mass is 35.5. The second-order valence-corrected chi connectivity index (χ2v) is 7.22. The van der Waals surface area contributed by atoms with Crippen molar-refractivity contribution in [1.29, 1.82) is 0 Å². The number of imide groups is 1. The summed E-state index contributed by atoms with van der Waals surface area (Å²) in [6, 6.07) is 12.0. The summed E-state index contributed by atoms with van der Waals surface area (Å²) >= 11 is 5.83. The maximum atomic E-state index is 12.9. The Hall–Kier alpha value is -3.26. The van der Waals surface area contributed by atoms with Gasteiger partial charge in [-0.25, -0.2) is 4.90 Å². The Bertz CT molecular complexity index is 990. The second-order valence-electron chi connectivity index (χ2n) is 6.78. The molecular weight excluding hydrogens is 394 g/mol. The molecule has 2 heterocycles. The van der Waals surface area contributed by atoms with Gasteiger partial charge in [-0.3, -0.25) is 19.4 Å². The Morgan fingerprint density at radius 2 is 1.76 bits per heavy atom. The van der Waals surface area contributed by atoms with Gasteiger partial charge in [0.25, 0.3) is 11.8 Å². The third kappa shape index (κ3) is 3.58. The topological polar surface area (TPSA) is 94.4 Å². The summed E-state index contributed by atoms with van der Waals surface area (Å²) in [6.45, 7) is 1.83. The standard InChI is InChI=1S/C20H18ClN5O3/c1-2-12-3-9-15(10-4-12)26-19(28)17-18(20(26)29)25(24-23-17)11-16(27)22-14-7-5-13(21)6-8-14/h3-10,17-18H,2,11H2,1H3,(H,22,27)/t17-,18+/m0/s1. The summed E-state index contributed by atoms with van der Waals surface area (Å²) in [5, 5.41) is 12.3. The van der Waals surface area contributed by atoms with Crippen molar-refractivity contribution in [1.82, 2.24) is 5.01 Å². The molecule has 8 nitrogen and oxygen atoms in total. The summed E-state index contributed by atoms with van der Waals surface area (Å²) in [6.07, 6.45) is 0.859. The third-order valence-corrected chi connectivity index (χ3v) is 5.15. The lowest BCUT2D eigenvalue weighted by molar-refractivity contribution is -0.123. The van der Waals surface area contributed by atoms with Crippen molar-refractivity contribution in [2.75, 3.05) is 16.8 Å². The van der Waals surface area contributed by atoms with Crippen LogP contribution in [-0.2, 0) is 20.8 Å². The van der Waals surface area contributed by atoms with Gasteiger partial charge in [0.2, 0.25) is 5.91 Å². The van der Waals surface area contributed by atoms with E-state index in [2.05, 4.69) is 15.7 Å². The minimum atomic E-state index is -0.934. The van der Waals surface area contributed by atoms with Gasteiger partial charge in [-0.15, -0.1) is 0 Å². The highest BCUT2D eigenvalue weighted by molar-refractivity contribution is 6.30. The fraction of sp³-hybridized carbons (Fsp3) is 0.250. The van der Waals surface area contributed by atoms with Crippen LogP contribution in [0.4, 0.5) is 11.4 Å². The van der Waals surface area contributed by atoms with Crippen molar-refractivity contribution < 1.29 is 14.4 Å². The molecule has 0 radical (unpaired) electrons. The first kappa shape index (κ1) is 19.1. The van der Waals surface area contributed by atoms with Crippen LogP contribution in [0.1, 0.15) is 12.5 Å². The molecule has 1 fully saturated rings. The van der Waals surface area contributed by atoms with Crippen molar-refractivity contribution in [3.05, 3.63) is 59.1 Å². The van der Waals surface area contributed by atoms with Crippen LogP contribution in [0.3, 0.4) is 0 Å². The highest BCUT2D eigenvalue weighted by Crippen LogP contribution is 2.32. The van der Waals surface area contributed by atoms with Crippen LogP contribution in [0.2, 0.25) is 5.02 Å². The molecule has 2 atom stereocenters.